The molecule has 2 aromatic carbocycles. The van der Waals surface area contributed by atoms with E-state index in [0.717, 1.165) is 35.5 Å². The van der Waals surface area contributed by atoms with E-state index in [1.54, 1.807) is 7.11 Å². The highest BCUT2D eigenvalue weighted by Crippen LogP contribution is 2.32. The van der Waals surface area contributed by atoms with Crippen molar-refractivity contribution < 1.29 is 14.3 Å². The summed E-state index contributed by atoms with van der Waals surface area (Å²) in [4.78, 5) is 30.2. The molecule has 1 fully saturated rings. The van der Waals surface area contributed by atoms with E-state index < -0.39 is 0 Å². The van der Waals surface area contributed by atoms with E-state index in [0.29, 0.717) is 30.8 Å². The molecule has 0 aliphatic carbocycles. The molecule has 0 spiro atoms. The number of nitrogens with one attached hydrogen (secondary N) is 1. The molecule has 0 aromatic heterocycles. The van der Waals surface area contributed by atoms with Gasteiger partial charge in [-0.15, -0.1) is 0 Å². The van der Waals surface area contributed by atoms with Gasteiger partial charge in [-0.25, -0.2) is 0 Å². The van der Waals surface area contributed by atoms with Crippen LogP contribution in [0.4, 0.5) is 11.4 Å². The Morgan fingerprint density at radius 3 is 2.31 bits per heavy atom. The number of hydrogen-bond donors (Lipinski definition) is 1. The number of amides is 2. The topological polar surface area (TPSA) is 61.9 Å². The predicted molar refractivity (Wildman–Crippen MR) is 128 cm³/mol. The molecule has 2 aromatic rings. The van der Waals surface area contributed by atoms with Crippen LogP contribution in [0.3, 0.4) is 0 Å². The molecule has 0 bridgehead atoms. The molecule has 168 valence electrons. The van der Waals surface area contributed by atoms with Crippen LogP contribution in [-0.4, -0.2) is 50.1 Å². The quantitative estimate of drug-likeness (QED) is 0.501. The van der Waals surface area contributed by atoms with E-state index in [9.17, 15) is 9.59 Å². The van der Waals surface area contributed by atoms with Gasteiger partial charge in [0.25, 0.3) is 11.8 Å². The smallest absolute Gasteiger partial charge is 0.278 e. The van der Waals surface area contributed by atoms with Crippen molar-refractivity contribution in [2.45, 2.75) is 33.1 Å². The van der Waals surface area contributed by atoms with Gasteiger partial charge < -0.3 is 15.0 Å². The highest BCUT2D eigenvalue weighted by Gasteiger charge is 2.39. The monoisotopic (exact) mass is 433 g/mol. The summed E-state index contributed by atoms with van der Waals surface area (Å²) in [6.45, 7) is 7.04. The first-order valence-corrected chi connectivity index (χ1v) is 11.3. The molecule has 2 aliphatic heterocycles. The van der Waals surface area contributed by atoms with Crippen molar-refractivity contribution in [1.82, 2.24) is 4.90 Å². The molecule has 0 unspecified atom stereocenters. The van der Waals surface area contributed by atoms with Gasteiger partial charge in [0, 0.05) is 44.7 Å². The molecule has 4 rings (SSSR count). The molecule has 6 nitrogen and oxygen atoms in total. The lowest BCUT2D eigenvalue weighted by Gasteiger charge is -2.18. The second kappa shape index (κ2) is 9.57. The average Bonchev–Trinajstić information content (AvgIpc) is 3.40. The van der Waals surface area contributed by atoms with Crippen LogP contribution in [-0.2, 0) is 14.3 Å². The Kier molecular flexibility index (Phi) is 6.61. The highest BCUT2D eigenvalue weighted by molar-refractivity contribution is 6.36. The minimum Gasteiger partial charge on any atom is -0.385 e. The third-order valence-corrected chi connectivity index (χ3v) is 6.30. The third kappa shape index (κ3) is 4.41. The fourth-order valence-electron chi connectivity index (χ4n) is 4.30. The van der Waals surface area contributed by atoms with E-state index in [2.05, 4.69) is 22.3 Å². The summed E-state index contributed by atoms with van der Waals surface area (Å²) in [5.74, 6) is -0.548. The standard InChI is InChI=1S/C26H31N3O3/c1-18-7-8-20(17-19(18)2)23-24(26(31)29(25(23)30)15-6-16-32-3)27-21-9-11-22(12-10-21)28-13-4-5-14-28/h7-12,17,27H,4-6,13-16H2,1-3H3. The van der Waals surface area contributed by atoms with Crippen LogP contribution in [0.25, 0.3) is 5.57 Å². The third-order valence-electron chi connectivity index (χ3n) is 6.30. The van der Waals surface area contributed by atoms with E-state index in [1.165, 1.54) is 23.4 Å². The number of carbonyl (C=O) groups excluding carboxylic acids is 2. The predicted octanol–water partition coefficient (Wildman–Crippen LogP) is 4.13. The number of ether oxygens (including phenoxy) is 1. The molecular formula is C26H31N3O3. The lowest BCUT2D eigenvalue weighted by Crippen LogP contribution is -2.33. The average molecular weight is 434 g/mol. The Morgan fingerprint density at radius 1 is 0.938 bits per heavy atom. The first-order valence-electron chi connectivity index (χ1n) is 11.3. The van der Waals surface area contributed by atoms with Gasteiger partial charge in [-0.2, -0.15) is 0 Å². The van der Waals surface area contributed by atoms with Crippen LogP contribution in [0.1, 0.15) is 36.0 Å². The molecule has 2 aliphatic rings. The fourth-order valence-corrected chi connectivity index (χ4v) is 4.30. The number of aryl methyl sites for hydroxylation is 2. The van der Waals surface area contributed by atoms with E-state index in [-0.39, 0.29) is 11.8 Å². The summed E-state index contributed by atoms with van der Waals surface area (Å²) >= 11 is 0. The molecule has 0 atom stereocenters. The number of methoxy groups -OCH3 is 1. The Bertz CT molecular complexity index is 1040. The van der Waals surface area contributed by atoms with Crippen molar-refractivity contribution in [3.05, 3.63) is 64.9 Å². The normalized spacial score (nSPS) is 16.5. The maximum atomic E-state index is 13.3. The number of hydrogen-bond acceptors (Lipinski definition) is 5. The zero-order chi connectivity index (χ0) is 22.7. The van der Waals surface area contributed by atoms with Crippen molar-refractivity contribution >= 4 is 28.8 Å². The lowest BCUT2D eigenvalue weighted by molar-refractivity contribution is -0.136. The molecule has 1 saturated heterocycles. The molecule has 1 N–H and O–H groups in total. The molecule has 2 heterocycles. The second-order valence-electron chi connectivity index (χ2n) is 8.52. The number of nitrogens with zero attached hydrogens (tertiary/aromatic N) is 2. The van der Waals surface area contributed by atoms with Crippen LogP contribution in [0.15, 0.2) is 48.2 Å². The number of rotatable bonds is 8. The number of carbonyl (C=O) groups is 2. The maximum Gasteiger partial charge on any atom is 0.278 e. The summed E-state index contributed by atoms with van der Waals surface area (Å²) < 4.78 is 5.11. The molecular weight excluding hydrogens is 402 g/mol. The minimum atomic E-state index is -0.289. The van der Waals surface area contributed by atoms with Gasteiger partial charge in [-0.3, -0.25) is 14.5 Å². The van der Waals surface area contributed by atoms with Gasteiger partial charge in [0.2, 0.25) is 0 Å². The van der Waals surface area contributed by atoms with Crippen LogP contribution in [0, 0.1) is 13.8 Å². The number of anilines is 2. The maximum absolute atomic E-state index is 13.3. The summed E-state index contributed by atoms with van der Waals surface area (Å²) in [6.07, 6.45) is 3.05. The first kappa shape index (κ1) is 22.1. The largest absolute Gasteiger partial charge is 0.385 e. The Morgan fingerprint density at radius 2 is 1.66 bits per heavy atom. The molecule has 2 amide bonds. The van der Waals surface area contributed by atoms with E-state index >= 15 is 0 Å². The van der Waals surface area contributed by atoms with Gasteiger partial charge in [-0.1, -0.05) is 18.2 Å². The Balaban J connectivity index is 1.65. The van der Waals surface area contributed by atoms with Crippen molar-refractivity contribution in [3.8, 4) is 0 Å². The fraction of sp³-hybridized carbons (Fsp3) is 0.385. The van der Waals surface area contributed by atoms with E-state index in [1.807, 2.05) is 44.2 Å². The van der Waals surface area contributed by atoms with Crippen molar-refractivity contribution in [3.63, 3.8) is 0 Å². The molecule has 0 saturated carbocycles. The zero-order valence-electron chi connectivity index (χ0n) is 19.1. The summed E-state index contributed by atoms with van der Waals surface area (Å²) in [5.41, 5.74) is 5.74. The SMILES string of the molecule is COCCCN1C(=O)C(Nc2ccc(N3CCCC3)cc2)=C(c2ccc(C)c(C)c2)C1=O. The van der Waals surface area contributed by atoms with Gasteiger partial charge >= 0.3 is 0 Å². The van der Waals surface area contributed by atoms with Crippen molar-refractivity contribution in [2.75, 3.05) is 43.6 Å². The summed E-state index contributed by atoms with van der Waals surface area (Å²) in [6, 6.07) is 14.0. The van der Waals surface area contributed by atoms with Crippen LogP contribution in [0.2, 0.25) is 0 Å². The molecule has 6 heteroatoms. The zero-order valence-corrected chi connectivity index (χ0v) is 19.1. The van der Waals surface area contributed by atoms with Crippen molar-refractivity contribution in [1.29, 1.82) is 0 Å². The number of imide groups is 1. The van der Waals surface area contributed by atoms with Gasteiger partial charge in [-0.05, 0) is 74.1 Å². The first-order chi connectivity index (χ1) is 15.5. The Hall–Kier alpha value is -3.12. The van der Waals surface area contributed by atoms with Gasteiger partial charge in [0.1, 0.15) is 5.70 Å². The summed E-state index contributed by atoms with van der Waals surface area (Å²) in [7, 11) is 1.62. The highest BCUT2D eigenvalue weighted by atomic mass is 16.5. The van der Waals surface area contributed by atoms with Crippen LogP contribution >= 0.6 is 0 Å². The number of benzene rings is 2. The van der Waals surface area contributed by atoms with Gasteiger partial charge in [0.05, 0.1) is 5.57 Å². The Labute approximate surface area is 189 Å². The van der Waals surface area contributed by atoms with Crippen molar-refractivity contribution in [2.24, 2.45) is 0 Å². The summed E-state index contributed by atoms with van der Waals surface area (Å²) in [5, 5.41) is 3.26. The van der Waals surface area contributed by atoms with Crippen LogP contribution in [0.5, 0.6) is 0 Å². The van der Waals surface area contributed by atoms with E-state index in [4.69, 9.17) is 4.74 Å². The lowest BCUT2D eigenvalue weighted by atomic mass is 9.99. The van der Waals surface area contributed by atoms with Gasteiger partial charge in [0.15, 0.2) is 0 Å². The minimum absolute atomic E-state index is 0.259. The molecule has 0 radical (unpaired) electrons. The second-order valence-corrected chi connectivity index (χ2v) is 8.52. The molecule has 32 heavy (non-hydrogen) atoms. The van der Waals surface area contributed by atoms with Crippen LogP contribution < -0.4 is 10.2 Å².